The van der Waals surface area contributed by atoms with Crippen molar-refractivity contribution in [3.05, 3.63) is 105 Å². The van der Waals surface area contributed by atoms with E-state index in [4.69, 9.17) is 20.8 Å². The molecule has 0 fully saturated rings. The maximum Gasteiger partial charge on any atom is 0.310 e. The first-order chi connectivity index (χ1) is 15.9. The Labute approximate surface area is 191 Å². The standard InChI is InChI=1S/C22H16ClFN4O5/c23-17-11-15(24)6-5-14(17)12-27-10-9-21(26-27)25-22(29)20-8-7-16(33-20)13-32-19-4-2-1-3-18(19)28(30)31/h1-11H,12-13H2,(H,25,26,29). The number of nitrogens with zero attached hydrogens (tertiary/aromatic N) is 3. The molecule has 0 bridgehead atoms. The SMILES string of the molecule is O=C(Nc1ccn(Cc2ccc(F)cc2Cl)n1)c1ccc(COc2ccccc2[N+](=O)[O-])o1. The molecule has 0 unspecified atom stereocenters. The molecule has 0 saturated carbocycles. The molecule has 9 nitrogen and oxygen atoms in total. The topological polar surface area (TPSA) is 112 Å². The van der Waals surface area contributed by atoms with Crippen LogP contribution >= 0.6 is 11.6 Å². The van der Waals surface area contributed by atoms with Crippen molar-refractivity contribution in [2.75, 3.05) is 5.32 Å². The first kappa shape index (κ1) is 22.0. The summed E-state index contributed by atoms with van der Waals surface area (Å²) in [7, 11) is 0. The minimum atomic E-state index is -0.542. The fourth-order valence-electron chi connectivity index (χ4n) is 2.98. The predicted molar refractivity (Wildman–Crippen MR) is 117 cm³/mol. The van der Waals surface area contributed by atoms with Gasteiger partial charge in [0.15, 0.2) is 17.3 Å². The number of ether oxygens (including phenoxy) is 1. The Morgan fingerprint density at radius 3 is 2.82 bits per heavy atom. The number of benzene rings is 2. The van der Waals surface area contributed by atoms with Gasteiger partial charge in [0.25, 0.3) is 5.91 Å². The van der Waals surface area contributed by atoms with Gasteiger partial charge in [0.1, 0.15) is 18.2 Å². The van der Waals surface area contributed by atoms with Crippen molar-refractivity contribution in [2.45, 2.75) is 13.2 Å². The lowest BCUT2D eigenvalue weighted by atomic mass is 10.2. The van der Waals surface area contributed by atoms with Gasteiger partial charge in [0.05, 0.1) is 11.5 Å². The van der Waals surface area contributed by atoms with Gasteiger partial charge < -0.3 is 14.5 Å². The van der Waals surface area contributed by atoms with Crippen LogP contribution in [-0.4, -0.2) is 20.6 Å². The van der Waals surface area contributed by atoms with Crippen LogP contribution in [-0.2, 0) is 13.2 Å². The number of nitro groups is 1. The molecule has 0 radical (unpaired) electrons. The fraction of sp³-hybridized carbons (Fsp3) is 0.0909. The Kier molecular flexibility index (Phi) is 6.36. The van der Waals surface area contributed by atoms with Gasteiger partial charge in [-0.05, 0) is 35.9 Å². The number of hydrogen-bond acceptors (Lipinski definition) is 6. The highest BCUT2D eigenvalue weighted by Crippen LogP contribution is 2.27. The second kappa shape index (κ2) is 9.53. The van der Waals surface area contributed by atoms with E-state index in [1.54, 1.807) is 35.1 Å². The van der Waals surface area contributed by atoms with Crippen LogP contribution < -0.4 is 10.1 Å². The van der Waals surface area contributed by atoms with Crippen molar-refractivity contribution in [2.24, 2.45) is 0 Å². The normalized spacial score (nSPS) is 10.7. The van der Waals surface area contributed by atoms with Crippen molar-refractivity contribution in [1.29, 1.82) is 0 Å². The number of amides is 1. The fourth-order valence-corrected chi connectivity index (χ4v) is 3.20. The summed E-state index contributed by atoms with van der Waals surface area (Å²) in [5.41, 5.74) is 0.507. The Morgan fingerprint density at radius 2 is 2.03 bits per heavy atom. The Bertz CT molecular complexity index is 1320. The molecule has 0 aliphatic rings. The predicted octanol–water partition coefficient (Wildman–Crippen LogP) is 5.06. The Balaban J connectivity index is 1.36. The van der Waals surface area contributed by atoms with Crippen molar-refractivity contribution in [1.82, 2.24) is 9.78 Å². The zero-order chi connectivity index (χ0) is 23.4. The molecule has 33 heavy (non-hydrogen) atoms. The summed E-state index contributed by atoms with van der Waals surface area (Å²) in [5, 5.41) is 18.2. The van der Waals surface area contributed by atoms with E-state index in [0.717, 1.165) is 0 Å². The second-order valence-corrected chi connectivity index (χ2v) is 7.28. The van der Waals surface area contributed by atoms with E-state index in [-0.39, 0.29) is 34.6 Å². The molecule has 4 rings (SSSR count). The first-order valence-electron chi connectivity index (χ1n) is 9.63. The van der Waals surface area contributed by atoms with Crippen molar-refractivity contribution in [3.63, 3.8) is 0 Å². The third kappa shape index (κ3) is 5.36. The molecule has 0 atom stereocenters. The number of anilines is 1. The molecule has 0 aliphatic heterocycles. The van der Waals surface area contributed by atoms with E-state index in [2.05, 4.69) is 10.4 Å². The van der Waals surface area contributed by atoms with Crippen LogP contribution in [0.25, 0.3) is 0 Å². The number of aromatic nitrogens is 2. The lowest BCUT2D eigenvalue weighted by Crippen LogP contribution is -2.12. The minimum absolute atomic E-state index is 0.0206. The molecule has 0 saturated heterocycles. The van der Waals surface area contributed by atoms with Crippen molar-refractivity contribution >= 4 is 29.0 Å². The Morgan fingerprint density at radius 1 is 1.21 bits per heavy atom. The molecule has 4 aromatic rings. The van der Waals surface area contributed by atoms with Gasteiger partial charge in [0.2, 0.25) is 0 Å². The smallest absolute Gasteiger partial charge is 0.310 e. The Hall–Kier alpha value is -4.18. The van der Waals surface area contributed by atoms with Gasteiger partial charge in [0, 0.05) is 23.4 Å². The van der Waals surface area contributed by atoms with Crippen LogP contribution in [0.4, 0.5) is 15.9 Å². The second-order valence-electron chi connectivity index (χ2n) is 6.87. The van der Waals surface area contributed by atoms with Gasteiger partial charge >= 0.3 is 5.69 Å². The van der Waals surface area contributed by atoms with E-state index in [1.165, 1.54) is 36.4 Å². The van der Waals surface area contributed by atoms with Crippen molar-refractivity contribution < 1.29 is 23.3 Å². The van der Waals surface area contributed by atoms with Gasteiger partial charge in [-0.2, -0.15) is 5.10 Å². The molecule has 168 valence electrons. The van der Waals surface area contributed by atoms with E-state index in [0.29, 0.717) is 17.9 Å². The number of carbonyl (C=O) groups excluding carboxylic acids is 1. The summed E-state index contributed by atoms with van der Waals surface area (Å²) < 4.78 is 25.7. The number of carbonyl (C=O) groups is 1. The molecule has 1 amide bonds. The summed E-state index contributed by atoms with van der Waals surface area (Å²) in [5.74, 6) is -0.245. The maximum absolute atomic E-state index is 13.2. The minimum Gasteiger partial charge on any atom is -0.479 e. The molecule has 0 spiro atoms. The molecule has 11 heteroatoms. The summed E-state index contributed by atoms with van der Waals surface area (Å²) in [6, 6.07) is 14.7. The van der Waals surface area contributed by atoms with Crippen molar-refractivity contribution in [3.8, 4) is 5.75 Å². The number of halogens is 2. The highest BCUT2D eigenvalue weighted by Gasteiger charge is 2.16. The average Bonchev–Trinajstić information content (AvgIpc) is 3.44. The molecular weight excluding hydrogens is 455 g/mol. The van der Waals surface area contributed by atoms with Crippen LogP contribution in [0.3, 0.4) is 0 Å². The quantitative estimate of drug-likeness (QED) is 0.284. The van der Waals surface area contributed by atoms with Crippen LogP contribution in [0, 0.1) is 15.9 Å². The lowest BCUT2D eigenvalue weighted by molar-refractivity contribution is -0.386. The van der Waals surface area contributed by atoms with Crippen LogP contribution in [0.1, 0.15) is 21.9 Å². The van der Waals surface area contributed by atoms with Crippen LogP contribution in [0.2, 0.25) is 5.02 Å². The van der Waals surface area contributed by atoms with Gasteiger partial charge in [-0.25, -0.2) is 4.39 Å². The zero-order valence-electron chi connectivity index (χ0n) is 16.9. The molecule has 2 heterocycles. The highest BCUT2D eigenvalue weighted by atomic mass is 35.5. The third-order valence-corrected chi connectivity index (χ3v) is 4.90. The zero-order valence-corrected chi connectivity index (χ0v) is 17.7. The maximum atomic E-state index is 13.2. The monoisotopic (exact) mass is 470 g/mol. The van der Waals surface area contributed by atoms with Gasteiger partial charge in [-0.15, -0.1) is 0 Å². The third-order valence-electron chi connectivity index (χ3n) is 4.55. The lowest BCUT2D eigenvalue weighted by Gasteiger charge is -2.05. The summed E-state index contributed by atoms with van der Waals surface area (Å²) in [6.07, 6.45) is 1.64. The highest BCUT2D eigenvalue weighted by molar-refractivity contribution is 6.31. The average molecular weight is 471 g/mol. The summed E-state index contributed by atoms with van der Waals surface area (Å²) >= 11 is 6.03. The number of nitrogens with one attached hydrogen (secondary N) is 1. The van der Waals surface area contributed by atoms with E-state index in [9.17, 15) is 19.3 Å². The van der Waals surface area contributed by atoms with E-state index >= 15 is 0 Å². The number of furan rings is 1. The number of rotatable bonds is 8. The summed E-state index contributed by atoms with van der Waals surface area (Å²) in [6.45, 7) is 0.202. The van der Waals surface area contributed by atoms with Crippen LogP contribution in [0.15, 0.2) is 71.3 Å². The van der Waals surface area contributed by atoms with E-state index in [1.807, 2.05) is 0 Å². The largest absolute Gasteiger partial charge is 0.479 e. The summed E-state index contributed by atoms with van der Waals surface area (Å²) in [4.78, 5) is 23.0. The van der Waals surface area contributed by atoms with E-state index < -0.39 is 16.6 Å². The molecule has 1 N–H and O–H groups in total. The molecule has 2 aromatic heterocycles. The number of nitro benzene ring substituents is 1. The molecule has 2 aromatic carbocycles. The molecule has 0 aliphatic carbocycles. The van der Waals surface area contributed by atoms with Gasteiger partial charge in [-0.1, -0.05) is 29.8 Å². The number of hydrogen-bond donors (Lipinski definition) is 1. The first-order valence-corrected chi connectivity index (χ1v) is 10.0. The molecular formula is C22H16ClFN4O5. The van der Waals surface area contributed by atoms with Gasteiger partial charge in [-0.3, -0.25) is 19.6 Å². The number of para-hydroxylation sites is 2. The van der Waals surface area contributed by atoms with Crippen LogP contribution in [0.5, 0.6) is 5.75 Å².